The largest absolute Gasteiger partial charge is 0.412 e. The van der Waals surface area contributed by atoms with Crippen LogP contribution < -0.4 is 6.15 Å². The molecule has 4 heteroatoms. The Kier molecular flexibility index (Phi) is 1590. The summed E-state index contributed by atoms with van der Waals surface area (Å²) in [7, 11) is 0. The van der Waals surface area contributed by atoms with Gasteiger partial charge in [0.1, 0.15) is 0 Å². The van der Waals surface area contributed by atoms with E-state index in [-0.39, 0.29) is 58.1 Å². The molecule has 5 heavy (non-hydrogen) atoms. The summed E-state index contributed by atoms with van der Waals surface area (Å²) < 4.78 is 0. The van der Waals surface area contributed by atoms with Crippen LogP contribution in [0.5, 0.6) is 0 Å². The summed E-state index contributed by atoms with van der Waals surface area (Å²) in [6.07, 6.45) is 0. The fraction of sp³-hybridized carbons (Fsp3) is 1.00. The third kappa shape index (κ3) is 38.1. The third-order valence-corrected chi connectivity index (χ3v) is 0. The molecule has 0 saturated carbocycles. The molecule has 0 heterocycles. The van der Waals surface area contributed by atoms with E-state index in [1.165, 1.54) is 0 Å². The van der Waals surface area contributed by atoms with Crippen LogP contribution in [-0.4, -0.2) is 5.48 Å². The van der Waals surface area contributed by atoms with Crippen LogP contribution in [0.2, 0.25) is 0 Å². The van der Waals surface area contributed by atoms with E-state index >= 15 is 0 Å². The topological polar surface area (TPSA) is 66.5 Å². The summed E-state index contributed by atoms with van der Waals surface area (Å²) in [6, 6.07) is 0. The van der Waals surface area contributed by atoms with Crippen molar-refractivity contribution in [2.75, 3.05) is 0 Å². The van der Waals surface area contributed by atoms with Crippen molar-refractivity contribution in [3.63, 3.8) is 0 Å². The first-order chi connectivity index (χ1) is 0. The van der Waals surface area contributed by atoms with Crippen LogP contribution in [0.15, 0.2) is 0 Å². The smallest absolute Gasteiger partial charge is 0 e. The summed E-state index contributed by atoms with van der Waals surface area (Å²) >= 11 is 0. The average Bonchev–Trinajstić information content (AvgIpc) is 0. The van der Waals surface area contributed by atoms with E-state index < -0.39 is 0 Å². The van der Waals surface area contributed by atoms with E-state index in [1.54, 1.807) is 0 Å². The third-order valence-electron chi connectivity index (χ3n) is 0. The van der Waals surface area contributed by atoms with Gasteiger partial charge in [-0.25, -0.2) is 0 Å². The number of rotatable bonds is 0. The molecular weight excluding hydrogens is 142 g/mol. The maximum atomic E-state index is 0. The van der Waals surface area contributed by atoms with Crippen molar-refractivity contribution < 1.29 is 44.6 Å². The molecule has 0 aliphatic carbocycles. The van der Waals surface area contributed by atoms with Crippen LogP contribution in [0.3, 0.4) is 0 Å². The van der Waals surface area contributed by atoms with Gasteiger partial charge in [-0.1, -0.05) is 7.43 Å². The van der Waals surface area contributed by atoms with Crippen molar-refractivity contribution in [1.29, 1.82) is 0 Å². The standard InChI is InChI=1S/CH4.Cr.H3N.H2O.Ti/h1H4;;1H3;1H2;. The van der Waals surface area contributed by atoms with Gasteiger partial charge in [-0.15, -0.1) is 0 Å². The predicted octanol–water partition coefficient (Wildman–Crippen LogP) is -0.0316. The first-order valence-electron chi connectivity index (χ1n) is 0. The average molecular weight is 151 g/mol. The van der Waals surface area contributed by atoms with E-state index in [1.807, 2.05) is 0 Å². The zero-order valence-corrected chi connectivity index (χ0v) is 4.95. The van der Waals surface area contributed by atoms with Gasteiger partial charge in [0.15, 0.2) is 0 Å². The summed E-state index contributed by atoms with van der Waals surface area (Å²) in [5.74, 6) is 0. The Labute approximate surface area is 58.2 Å². The predicted molar refractivity (Wildman–Crippen MR) is 15.4 cm³/mol. The summed E-state index contributed by atoms with van der Waals surface area (Å²) in [6.45, 7) is 0. The molecule has 0 aromatic heterocycles. The second-order valence-electron chi connectivity index (χ2n) is 0. The van der Waals surface area contributed by atoms with E-state index in [4.69, 9.17) is 0 Å². The van der Waals surface area contributed by atoms with E-state index in [2.05, 4.69) is 0 Å². The molecular formula is CH9CrNOTi. The van der Waals surface area contributed by atoms with Gasteiger partial charge in [-0.05, 0) is 0 Å². The van der Waals surface area contributed by atoms with Crippen LogP contribution in [0.1, 0.15) is 7.43 Å². The van der Waals surface area contributed by atoms with Gasteiger partial charge in [-0.3, -0.25) is 0 Å². The summed E-state index contributed by atoms with van der Waals surface area (Å²) in [5.41, 5.74) is 0. The molecule has 34 valence electrons. The van der Waals surface area contributed by atoms with Gasteiger partial charge in [0.25, 0.3) is 0 Å². The monoisotopic (exact) mass is 151 g/mol. The fourth-order valence-corrected chi connectivity index (χ4v) is 0. The maximum absolute atomic E-state index is 0. The molecule has 0 rings (SSSR count). The molecule has 2 nitrogen and oxygen atoms in total. The summed E-state index contributed by atoms with van der Waals surface area (Å²) in [4.78, 5) is 0. The Morgan fingerprint density at radius 2 is 1.00 bits per heavy atom. The van der Waals surface area contributed by atoms with Gasteiger partial charge < -0.3 is 11.6 Å². The molecule has 0 fully saturated rings. The van der Waals surface area contributed by atoms with E-state index in [9.17, 15) is 0 Å². The van der Waals surface area contributed by atoms with Gasteiger partial charge in [0.05, 0.1) is 0 Å². The quantitative estimate of drug-likeness (QED) is 0.485. The fourth-order valence-electron chi connectivity index (χ4n) is 0. The minimum atomic E-state index is 0. The summed E-state index contributed by atoms with van der Waals surface area (Å²) in [5, 5.41) is 0. The van der Waals surface area contributed by atoms with Crippen molar-refractivity contribution in [3.05, 3.63) is 0 Å². The number of hydrogen-bond donors (Lipinski definition) is 1. The van der Waals surface area contributed by atoms with Gasteiger partial charge in [0.2, 0.25) is 0 Å². The van der Waals surface area contributed by atoms with Gasteiger partial charge in [0, 0.05) is 39.1 Å². The number of hydrogen-bond acceptors (Lipinski definition) is 1. The van der Waals surface area contributed by atoms with Crippen molar-refractivity contribution in [1.82, 2.24) is 6.15 Å². The molecule has 0 aliphatic heterocycles. The first kappa shape index (κ1) is 121. The normalized spacial score (nSPS) is 0. The van der Waals surface area contributed by atoms with Crippen LogP contribution in [0, 0.1) is 0 Å². The van der Waals surface area contributed by atoms with Crippen LogP contribution >= 0.6 is 0 Å². The molecule has 0 spiro atoms. The Morgan fingerprint density at radius 1 is 1.00 bits per heavy atom. The molecule has 0 saturated heterocycles. The molecule has 5 N–H and O–H groups in total. The first-order valence-corrected chi connectivity index (χ1v) is 0. The van der Waals surface area contributed by atoms with Crippen LogP contribution in [0.4, 0.5) is 0 Å². The van der Waals surface area contributed by atoms with Gasteiger partial charge in [-0.2, -0.15) is 0 Å². The molecule has 0 unspecified atom stereocenters. The molecule has 0 amide bonds. The molecule has 0 bridgehead atoms. The molecule has 0 aromatic rings. The SMILES string of the molecule is C.N.O.[Cr].[Ti]. The molecule has 0 aliphatic rings. The Morgan fingerprint density at radius 3 is 1.00 bits per heavy atom. The second-order valence-corrected chi connectivity index (χ2v) is 0. The van der Waals surface area contributed by atoms with E-state index in [0.29, 0.717) is 0 Å². The van der Waals surface area contributed by atoms with E-state index in [0.717, 1.165) is 0 Å². The van der Waals surface area contributed by atoms with Crippen molar-refractivity contribution >= 4 is 0 Å². The Hall–Kier alpha value is 1.17. The van der Waals surface area contributed by atoms with Crippen molar-refractivity contribution in [2.24, 2.45) is 0 Å². The van der Waals surface area contributed by atoms with Crippen LogP contribution in [-0.2, 0) is 39.1 Å². The zero-order chi connectivity index (χ0) is 0. The molecule has 0 atom stereocenters. The molecule has 0 aromatic carbocycles. The Bertz CT molecular complexity index is 11.6. The van der Waals surface area contributed by atoms with Crippen LogP contribution in [0.25, 0.3) is 0 Å². The Balaban J connectivity index is 0. The minimum Gasteiger partial charge on any atom is -0.412 e. The van der Waals surface area contributed by atoms with Gasteiger partial charge >= 0.3 is 0 Å². The van der Waals surface area contributed by atoms with Crippen molar-refractivity contribution in [2.45, 2.75) is 7.43 Å². The minimum absolute atomic E-state index is 0. The maximum Gasteiger partial charge on any atom is 0 e. The molecule has 0 radical (unpaired) electrons. The zero-order valence-electron chi connectivity index (χ0n) is 2.12. The second kappa shape index (κ2) is 65.9. The van der Waals surface area contributed by atoms with Crippen molar-refractivity contribution in [3.8, 4) is 0 Å².